The molecule has 0 radical (unpaired) electrons. The van der Waals surface area contributed by atoms with Crippen LogP contribution in [0, 0.1) is 0 Å². The maximum atomic E-state index is 6.38. The number of para-hydroxylation sites is 1. The SMILES string of the molecule is c1ccc(-c2c(-c3c4ccccc4c(-c4ccccc4)c4ccccc34)sc3cc4c(cc23)oc2ccccc24)cc1. The van der Waals surface area contributed by atoms with Gasteiger partial charge in [-0.2, -0.15) is 0 Å². The van der Waals surface area contributed by atoms with Crippen molar-refractivity contribution >= 4 is 64.9 Å². The van der Waals surface area contributed by atoms with Gasteiger partial charge in [-0.05, 0) is 56.4 Å². The standard InChI is InChI=1S/C40H24OS/c1-3-13-25(14-4-1)37-28-18-7-9-20-30(28)39(31-21-10-8-19-29(31)37)40-38(26-15-5-2-6-16-26)33-23-35-32(24-36(33)42-40)27-17-11-12-22-34(27)41-35/h1-24H. The maximum absolute atomic E-state index is 6.38. The van der Waals surface area contributed by atoms with E-state index in [1.807, 2.05) is 17.4 Å². The third-order valence-electron chi connectivity index (χ3n) is 8.47. The summed E-state index contributed by atoms with van der Waals surface area (Å²) in [6, 6.07) is 52.4. The molecule has 196 valence electrons. The third-order valence-corrected chi connectivity index (χ3v) is 9.64. The van der Waals surface area contributed by atoms with Gasteiger partial charge in [-0.25, -0.2) is 0 Å². The Bertz CT molecular complexity index is 2390. The molecule has 0 spiro atoms. The molecule has 0 N–H and O–H groups in total. The van der Waals surface area contributed by atoms with Gasteiger partial charge in [0.1, 0.15) is 11.2 Å². The van der Waals surface area contributed by atoms with Gasteiger partial charge in [0.15, 0.2) is 0 Å². The first-order valence-electron chi connectivity index (χ1n) is 14.3. The molecular formula is C40H24OS. The van der Waals surface area contributed by atoms with E-state index in [4.69, 9.17) is 4.42 Å². The predicted octanol–water partition coefficient (Wildman–Crippen LogP) is 12.1. The average molecular weight is 553 g/mol. The number of rotatable bonds is 3. The summed E-state index contributed by atoms with van der Waals surface area (Å²) in [4.78, 5) is 1.29. The second kappa shape index (κ2) is 9.17. The highest BCUT2D eigenvalue weighted by Gasteiger charge is 2.23. The minimum atomic E-state index is 0.930. The molecule has 0 aliphatic rings. The fraction of sp³-hybridized carbons (Fsp3) is 0. The zero-order chi connectivity index (χ0) is 27.6. The lowest BCUT2D eigenvalue weighted by molar-refractivity contribution is 0.669. The second-order valence-electron chi connectivity index (χ2n) is 10.8. The van der Waals surface area contributed by atoms with Crippen LogP contribution in [0.25, 0.3) is 86.3 Å². The van der Waals surface area contributed by atoms with Crippen molar-refractivity contribution in [1.82, 2.24) is 0 Å². The Morgan fingerprint density at radius 3 is 1.48 bits per heavy atom. The normalized spacial score (nSPS) is 11.8. The van der Waals surface area contributed by atoms with Crippen LogP contribution < -0.4 is 0 Å². The Morgan fingerprint density at radius 2 is 0.857 bits per heavy atom. The van der Waals surface area contributed by atoms with E-state index in [-0.39, 0.29) is 0 Å². The molecule has 9 aromatic rings. The van der Waals surface area contributed by atoms with Crippen molar-refractivity contribution in [2.45, 2.75) is 0 Å². The Labute approximate surface area is 246 Å². The van der Waals surface area contributed by atoms with Gasteiger partial charge in [0.2, 0.25) is 0 Å². The Hall–Kier alpha value is -5.18. The van der Waals surface area contributed by atoms with E-state index in [0.29, 0.717) is 0 Å². The van der Waals surface area contributed by atoms with Crippen molar-refractivity contribution in [3.05, 3.63) is 146 Å². The van der Waals surface area contributed by atoms with Crippen molar-refractivity contribution in [1.29, 1.82) is 0 Å². The van der Waals surface area contributed by atoms with Crippen LogP contribution >= 0.6 is 11.3 Å². The van der Waals surface area contributed by atoms with Crippen LogP contribution in [0.1, 0.15) is 0 Å². The van der Waals surface area contributed by atoms with Gasteiger partial charge < -0.3 is 4.42 Å². The summed E-state index contributed by atoms with van der Waals surface area (Å²) in [6.07, 6.45) is 0. The molecule has 0 saturated heterocycles. The fourth-order valence-electron chi connectivity index (χ4n) is 6.67. The molecule has 0 saturated carbocycles. The van der Waals surface area contributed by atoms with E-state index in [1.54, 1.807) is 0 Å². The van der Waals surface area contributed by atoms with E-state index < -0.39 is 0 Å². The quantitative estimate of drug-likeness (QED) is 0.199. The molecule has 2 heterocycles. The van der Waals surface area contributed by atoms with Gasteiger partial charge >= 0.3 is 0 Å². The number of furan rings is 1. The zero-order valence-corrected chi connectivity index (χ0v) is 23.5. The minimum absolute atomic E-state index is 0.930. The highest BCUT2D eigenvalue weighted by atomic mass is 32.1. The Morgan fingerprint density at radius 1 is 0.357 bits per heavy atom. The topological polar surface area (TPSA) is 13.1 Å². The first kappa shape index (κ1) is 23.5. The fourth-order valence-corrected chi connectivity index (χ4v) is 7.99. The number of fused-ring (bicyclic) bond motifs is 6. The van der Waals surface area contributed by atoms with Crippen molar-refractivity contribution in [2.24, 2.45) is 0 Å². The van der Waals surface area contributed by atoms with Crippen LogP contribution in [-0.2, 0) is 0 Å². The lowest BCUT2D eigenvalue weighted by Crippen LogP contribution is -1.90. The molecule has 0 aliphatic carbocycles. The van der Waals surface area contributed by atoms with Crippen LogP contribution in [0.2, 0.25) is 0 Å². The smallest absolute Gasteiger partial charge is 0.136 e. The molecule has 0 bridgehead atoms. The highest BCUT2D eigenvalue weighted by Crippen LogP contribution is 2.52. The van der Waals surface area contributed by atoms with Crippen LogP contribution in [-0.4, -0.2) is 0 Å². The van der Waals surface area contributed by atoms with Crippen LogP contribution in [0.15, 0.2) is 150 Å². The van der Waals surface area contributed by atoms with Crippen molar-refractivity contribution < 1.29 is 4.42 Å². The van der Waals surface area contributed by atoms with E-state index in [2.05, 4.69) is 140 Å². The van der Waals surface area contributed by atoms with Gasteiger partial charge in [0.05, 0.1) is 0 Å². The van der Waals surface area contributed by atoms with Crippen molar-refractivity contribution in [3.8, 4) is 32.7 Å². The molecule has 42 heavy (non-hydrogen) atoms. The third kappa shape index (κ3) is 3.43. The first-order chi connectivity index (χ1) is 20.8. The Kier molecular flexibility index (Phi) is 5.13. The lowest BCUT2D eigenvalue weighted by atomic mass is 9.86. The van der Waals surface area contributed by atoms with E-state index >= 15 is 0 Å². The zero-order valence-electron chi connectivity index (χ0n) is 22.7. The van der Waals surface area contributed by atoms with Crippen LogP contribution in [0.3, 0.4) is 0 Å². The van der Waals surface area contributed by atoms with E-state index in [1.165, 1.54) is 69.7 Å². The van der Waals surface area contributed by atoms with Crippen LogP contribution in [0.5, 0.6) is 0 Å². The molecular weight excluding hydrogens is 529 g/mol. The molecule has 2 aromatic heterocycles. The maximum Gasteiger partial charge on any atom is 0.136 e. The molecule has 1 nitrogen and oxygen atoms in total. The lowest BCUT2D eigenvalue weighted by Gasteiger charge is -2.18. The molecule has 2 heteroatoms. The van der Waals surface area contributed by atoms with Gasteiger partial charge in [-0.3, -0.25) is 0 Å². The number of hydrogen-bond acceptors (Lipinski definition) is 2. The van der Waals surface area contributed by atoms with E-state index in [9.17, 15) is 0 Å². The van der Waals surface area contributed by atoms with Gasteiger partial charge in [0.25, 0.3) is 0 Å². The summed E-state index contributed by atoms with van der Waals surface area (Å²) in [5.41, 5.74) is 8.16. The number of benzene rings is 7. The minimum Gasteiger partial charge on any atom is -0.456 e. The van der Waals surface area contributed by atoms with E-state index in [0.717, 1.165) is 16.6 Å². The molecule has 0 amide bonds. The number of hydrogen-bond donors (Lipinski definition) is 0. The summed E-state index contributed by atoms with van der Waals surface area (Å²) in [5.74, 6) is 0. The Balaban J connectivity index is 1.46. The molecule has 0 fully saturated rings. The molecule has 0 aliphatic heterocycles. The summed E-state index contributed by atoms with van der Waals surface area (Å²) < 4.78 is 7.64. The predicted molar refractivity (Wildman–Crippen MR) is 180 cm³/mol. The highest BCUT2D eigenvalue weighted by molar-refractivity contribution is 7.23. The molecule has 0 unspecified atom stereocenters. The summed E-state index contributed by atoms with van der Waals surface area (Å²) in [7, 11) is 0. The average Bonchev–Trinajstić information content (AvgIpc) is 3.60. The van der Waals surface area contributed by atoms with Crippen molar-refractivity contribution in [2.75, 3.05) is 0 Å². The van der Waals surface area contributed by atoms with Gasteiger partial charge in [-0.1, -0.05) is 127 Å². The molecule has 0 atom stereocenters. The molecule has 7 aromatic carbocycles. The first-order valence-corrected chi connectivity index (χ1v) is 15.1. The van der Waals surface area contributed by atoms with Crippen LogP contribution in [0.4, 0.5) is 0 Å². The van der Waals surface area contributed by atoms with Gasteiger partial charge in [-0.15, -0.1) is 11.3 Å². The largest absolute Gasteiger partial charge is 0.456 e. The second-order valence-corrected chi connectivity index (χ2v) is 11.9. The summed E-state index contributed by atoms with van der Waals surface area (Å²) >= 11 is 1.89. The van der Waals surface area contributed by atoms with Gasteiger partial charge in [0, 0.05) is 36.9 Å². The number of thiophene rings is 1. The molecule has 9 rings (SSSR count). The summed E-state index contributed by atoms with van der Waals surface area (Å²) in [6.45, 7) is 0. The summed E-state index contributed by atoms with van der Waals surface area (Å²) in [5, 5.41) is 8.64. The monoisotopic (exact) mass is 552 g/mol. The van der Waals surface area contributed by atoms with Crippen molar-refractivity contribution in [3.63, 3.8) is 0 Å².